The van der Waals surface area contributed by atoms with Crippen molar-refractivity contribution in [2.45, 2.75) is 101 Å². The third kappa shape index (κ3) is 7.13. The number of alkyl halides is 5. The molecular formula is C30H43BrF4O6. The summed E-state index contributed by atoms with van der Waals surface area (Å²) >= 11 is 1.84. The SMILES string of the molecule is CCOC(=O)C(F)(F)Br.CCOC(=O)C(F)(F)C(O)C12CC3CC(CC(C3)C1)C2.O=CC1C2CC3CC(C2)CC1C3. The molecule has 6 nitrogen and oxygen atoms in total. The molecule has 1 N–H and O–H groups in total. The highest BCUT2D eigenvalue weighted by Crippen LogP contribution is 2.63. The van der Waals surface area contributed by atoms with Crippen LogP contribution in [0, 0.1) is 52.8 Å². The number of hydrogen-bond acceptors (Lipinski definition) is 6. The van der Waals surface area contributed by atoms with Gasteiger partial charge in [-0.2, -0.15) is 17.6 Å². The third-order valence-corrected chi connectivity index (χ3v) is 10.8. The molecule has 8 saturated carbocycles. The molecule has 8 rings (SSSR count). The lowest BCUT2D eigenvalue weighted by Crippen LogP contribution is -2.59. The summed E-state index contributed by atoms with van der Waals surface area (Å²) in [5.74, 6) is -1.52. The van der Waals surface area contributed by atoms with Crippen LogP contribution in [-0.2, 0) is 23.9 Å². The molecule has 8 aliphatic carbocycles. The number of aldehydes is 1. The van der Waals surface area contributed by atoms with Gasteiger partial charge in [0.15, 0.2) is 0 Å². The molecule has 0 radical (unpaired) electrons. The molecule has 1 unspecified atom stereocenters. The quantitative estimate of drug-likeness (QED) is 0.145. The predicted molar refractivity (Wildman–Crippen MR) is 145 cm³/mol. The van der Waals surface area contributed by atoms with Crippen LogP contribution in [0.5, 0.6) is 0 Å². The summed E-state index contributed by atoms with van der Waals surface area (Å²) in [6.45, 7) is 2.81. The van der Waals surface area contributed by atoms with Crippen molar-refractivity contribution in [1.82, 2.24) is 0 Å². The Bertz CT molecular complexity index is 890. The van der Waals surface area contributed by atoms with E-state index in [-0.39, 0.29) is 13.2 Å². The first-order valence-corrected chi connectivity index (χ1v) is 15.9. The fourth-order valence-electron chi connectivity index (χ4n) is 9.64. The molecule has 8 aliphatic rings. The van der Waals surface area contributed by atoms with Gasteiger partial charge in [0.25, 0.3) is 0 Å². The highest BCUT2D eigenvalue weighted by molar-refractivity contribution is 9.10. The minimum atomic E-state index is -3.79. The van der Waals surface area contributed by atoms with Crippen LogP contribution in [0.2, 0.25) is 0 Å². The second kappa shape index (κ2) is 12.8. The van der Waals surface area contributed by atoms with Crippen molar-refractivity contribution < 1.29 is 46.5 Å². The van der Waals surface area contributed by atoms with Gasteiger partial charge in [-0.1, -0.05) is 0 Å². The first-order chi connectivity index (χ1) is 19.2. The Morgan fingerprint density at radius 1 is 0.805 bits per heavy atom. The highest BCUT2D eigenvalue weighted by Gasteiger charge is 2.63. The van der Waals surface area contributed by atoms with Crippen LogP contribution in [0.15, 0.2) is 0 Å². The molecule has 234 valence electrons. The number of ether oxygens (including phenoxy) is 2. The fraction of sp³-hybridized carbons (Fsp3) is 0.900. The maximum atomic E-state index is 14.2. The first kappa shape index (κ1) is 32.7. The summed E-state index contributed by atoms with van der Waals surface area (Å²) in [7, 11) is 0. The van der Waals surface area contributed by atoms with E-state index in [1.165, 1.54) is 52.2 Å². The van der Waals surface area contributed by atoms with Crippen LogP contribution in [0.25, 0.3) is 0 Å². The Hall–Kier alpha value is -1.23. The van der Waals surface area contributed by atoms with Gasteiger partial charge in [0.05, 0.1) is 13.2 Å². The summed E-state index contributed by atoms with van der Waals surface area (Å²) in [6.07, 6.45) is 11.6. The number of halogens is 5. The molecule has 8 bridgehead atoms. The molecule has 0 spiro atoms. The van der Waals surface area contributed by atoms with Gasteiger partial charge < -0.3 is 19.4 Å². The second-order valence-electron chi connectivity index (χ2n) is 13.4. The van der Waals surface area contributed by atoms with E-state index in [2.05, 4.69) is 9.47 Å². The van der Waals surface area contributed by atoms with Crippen molar-refractivity contribution in [2.75, 3.05) is 13.2 Å². The molecule has 11 heteroatoms. The van der Waals surface area contributed by atoms with E-state index in [1.807, 2.05) is 15.9 Å². The van der Waals surface area contributed by atoms with E-state index in [0.717, 1.165) is 42.9 Å². The molecule has 0 aliphatic heterocycles. The van der Waals surface area contributed by atoms with E-state index in [9.17, 15) is 37.1 Å². The van der Waals surface area contributed by atoms with Crippen LogP contribution in [0.3, 0.4) is 0 Å². The van der Waals surface area contributed by atoms with Crippen molar-refractivity contribution in [3.05, 3.63) is 0 Å². The zero-order valence-electron chi connectivity index (χ0n) is 23.8. The summed E-state index contributed by atoms with van der Waals surface area (Å²) in [5.41, 5.74) is -0.773. The minimum Gasteiger partial charge on any atom is -0.461 e. The van der Waals surface area contributed by atoms with E-state index < -0.39 is 34.2 Å². The molecule has 0 heterocycles. The molecular weight excluding hydrogens is 612 g/mol. The van der Waals surface area contributed by atoms with Gasteiger partial charge in [0.2, 0.25) is 0 Å². The zero-order chi connectivity index (χ0) is 30.2. The van der Waals surface area contributed by atoms with Gasteiger partial charge in [-0.15, -0.1) is 0 Å². The van der Waals surface area contributed by atoms with E-state index in [1.54, 1.807) is 0 Å². The number of carbonyl (C=O) groups excluding carboxylic acids is 3. The van der Waals surface area contributed by atoms with Crippen LogP contribution in [-0.4, -0.2) is 53.4 Å². The van der Waals surface area contributed by atoms with Crippen LogP contribution >= 0.6 is 15.9 Å². The summed E-state index contributed by atoms with van der Waals surface area (Å²) in [5, 5.41) is 10.3. The average molecular weight is 656 g/mol. The third-order valence-electron chi connectivity index (χ3n) is 10.5. The van der Waals surface area contributed by atoms with Crippen molar-refractivity contribution >= 4 is 34.2 Å². The fourth-order valence-corrected chi connectivity index (χ4v) is 9.75. The number of esters is 2. The van der Waals surface area contributed by atoms with Crippen LogP contribution in [0.1, 0.15) is 84.5 Å². The standard InChI is InChI=1S/C15H22F2O3.C11H16O.C4H5BrF2O2/c1-2-20-13(19)15(16,17)12(18)14-6-9-3-10(7-14)5-11(4-9)8-14;12-6-11-9-2-7-1-8(4-9)5-10(11)3-7;1-2-9-3(8)4(5,6)7/h9-12,18H,2-8H2,1H3;6-11H,1-5H2;2H2,1H3. The maximum Gasteiger partial charge on any atom is 0.395 e. The topological polar surface area (TPSA) is 89.9 Å². The average Bonchev–Trinajstić information content (AvgIpc) is 2.87. The number of aliphatic hydroxyl groups excluding tert-OH is 1. The number of rotatable bonds is 7. The van der Waals surface area contributed by atoms with Gasteiger partial charge in [0.1, 0.15) is 12.4 Å². The molecule has 0 amide bonds. The maximum absolute atomic E-state index is 14.2. The summed E-state index contributed by atoms with van der Waals surface area (Å²) in [6, 6.07) is 0. The van der Waals surface area contributed by atoms with Gasteiger partial charge in [-0.25, -0.2) is 9.59 Å². The monoisotopic (exact) mass is 654 g/mol. The van der Waals surface area contributed by atoms with Crippen LogP contribution < -0.4 is 0 Å². The number of carbonyl (C=O) groups is 3. The van der Waals surface area contributed by atoms with Gasteiger partial charge >= 0.3 is 22.7 Å². The number of aliphatic hydroxyl groups is 1. The smallest absolute Gasteiger partial charge is 0.395 e. The number of hydrogen-bond donors (Lipinski definition) is 1. The predicted octanol–water partition coefficient (Wildman–Crippen LogP) is 6.56. The zero-order valence-corrected chi connectivity index (χ0v) is 25.4. The Morgan fingerprint density at radius 2 is 1.20 bits per heavy atom. The van der Waals surface area contributed by atoms with Crippen molar-refractivity contribution in [1.29, 1.82) is 0 Å². The second-order valence-corrected chi connectivity index (χ2v) is 14.4. The van der Waals surface area contributed by atoms with Gasteiger partial charge in [0, 0.05) is 27.3 Å². The van der Waals surface area contributed by atoms with E-state index in [4.69, 9.17) is 0 Å². The summed E-state index contributed by atoms with van der Waals surface area (Å²) in [4.78, 5) is 28.9. The normalized spacial score (nSPS) is 38.6. The Kier molecular flexibility index (Phi) is 10.2. The largest absolute Gasteiger partial charge is 0.461 e. The minimum absolute atomic E-state index is 0.0416. The molecule has 8 fully saturated rings. The Labute approximate surface area is 247 Å². The van der Waals surface area contributed by atoms with Crippen molar-refractivity contribution in [3.8, 4) is 0 Å². The lowest BCUT2D eigenvalue weighted by molar-refractivity contribution is -0.224. The van der Waals surface area contributed by atoms with Gasteiger partial charge in [-0.3, -0.25) is 0 Å². The molecule has 0 aromatic heterocycles. The molecule has 1 atom stereocenters. The summed E-state index contributed by atoms with van der Waals surface area (Å²) < 4.78 is 60.3. The van der Waals surface area contributed by atoms with Gasteiger partial charge in [-0.05, 0) is 126 Å². The Morgan fingerprint density at radius 3 is 1.54 bits per heavy atom. The lowest BCUT2D eigenvalue weighted by atomic mass is 9.47. The van der Waals surface area contributed by atoms with Crippen molar-refractivity contribution in [2.24, 2.45) is 52.8 Å². The molecule has 0 aromatic carbocycles. The van der Waals surface area contributed by atoms with E-state index >= 15 is 0 Å². The van der Waals surface area contributed by atoms with E-state index in [0.29, 0.717) is 42.9 Å². The molecule has 0 aromatic rings. The van der Waals surface area contributed by atoms with Crippen molar-refractivity contribution in [3.63, 3.8) is 0 Å². The first-order valence-electron chi connectivity index (χ1n) is 15.1. The molecule has 41 heavy (non-hydrogen) atoms. The van der Waals surface area contributed by atoms with Crippen LogP contribution in [0.4, 0.5) is 17.6 Å². The highest BCUT2D eigenvalue weighted by atomic mass is 79.9. The Balaban J connectivity index is 0.000000157. The molecule has 0 saturated heterocycles. The lowest BCUT2D eigenvalue weighted by Gasteiger charge is -2.58.